The largest absolute Gasteiger partial charge is 0.487 e. The number of ether oxygens (including phenoxy) is 2. The number of nitrogens with zero attached hydrogens (tertiary/aromatic N) is 2. The summed E-state index contributed by atoms with van der Waals surface area (Å²) in [6.45, 7) is 2.26. The molecule has 0 aromatic heterocycles. The van der Waals surface area contributed by atoms with Crippen LogP contribution in [0, 0.1) is 11.8 Å². The topological polar surface area (TPSA) is 59.1 Å². The molecule has 1 saturated carbocycles. The monoisotopic (exact) mass is 538 g/mol. The van der Waals surface area contributed by atoms with Gasteiger partial charge in [0.15, 0.2) is 0 Å². The first-order valence-electron chi connectivity index (χ1n) is 13.1. The third kappa shape index (κ3) is 3.68. The predicted octanol–water partition coefficient (Wildman–Crippen LogP) is 3.94. The molecule has 0 N–H and O–H groups in total. The van der Waals surface area contributed by atoms with Gasteiger partial charge in [-0.1, -0.05) is 18.1 Å². The quantitative estimate of drug-likeness (QED) is 0.429. The normalized spacial score (nSPS) is 30.4. The van der Waals surface area contributed by atoms with Crippen LogP contribution in [0.5, 0.6) is 5.75 Å². The lowest BCUT2D eigenvalue weighted by Crippen LogP contribution is -2.78. The molecule has 1 saturated heterocycles. The van der Waals surface area contributed by atoms with Gasteiger partial charge in [0.25, 0.3) is 5.91 Å². The fourth-order valence-corrected chi connectivity index (χ4v) is 7.63. The lowest BCUT2D eigenvalue weighted by atomic mass is 9.48. The minimum atomic E-state index is -4.44. The second kappa shape index (κ2) is 8.75. The summed E-state index contributed by atoms with van der Waals surface area (Å²) in [5.41, 5.74) is 0.463. The molecule has 9 heteroatoms. The van der Waals surface area contributed by atoms with Crippen molar-refractivity contribution in [1.82, 2.24) is 9.80 Å². The maximum absolute atomic E-state index is 13.3. The van der Waals surface area contributed by atoms with Crippen LogP contribution in [0.25, 0.3) is 0 Å². The van der Waals surface area contributed by atoms with Crippen molar-refractivity contribution < 1.29 is 32.2 Å². The molecule has 2 heterocycles. The second-order valence-electron chi connectivity index (χ2n) is 11.1. The number of amides is 1. The molecule has 0 radical (unpaired) electrons. The summed E-state index contributed by atoms with van der Waals surface area (Å²) >= 11 is 0. The number of rotatable bonds is 2. The molecule has 6 rings (SSSR count). The van der Waals surface area contributed by atoms with Crippen molar-refractivity contribution >= 4 is 11.9 Å². The summed E-state index contributed by atoms with van der Waals surface area (Å²) < 4.78 is 51.6. The molecule has 1 amide bonds. The van der Waals surface area contributed by atoms with Gasteiger partial charge in [-0.2, -0.15) is 13.2 Å². The first kappa shape index (κ1) is 25.8. The third-order valence-corrected chi connectivity index (χ3v) is 9.23. The van der Waals surface area contributed by atoms with Gasteiger partial charge in [0.2, 0.25) is 0 Å². The number of hydrogen-bond acceptors (Lipinski definition) is 5. The zero-order valence-electron chi connectivity index (χ0n) is 22.0. The predicted molar refractivity (Wildman–Crippen MR) is 136 cm³/mol. The molecular formula is C30H29F3N2O4. The van der Waals surface area contributed by atoms with Crippen LogP contribution < -0.4 is 4.74 Å². The van der Waals surface area contributed by atoms with Gasteiger partial charge in [0.1, 0.15) is 17.5 Å². The van der Waals surface area contributed by atoms with E-state index in [0.717, 1.165) is 42.8 Å². The number of carbonyl (C=O) groups excluding carboxylic acids is 2. The first-order chi connectivity index (χ1) is 18.5. The van der Waals surface area contributed by atoms with Crippen molar-refractivity contribution in [2.45, 2.75) is 68.0 Å². The average molecular weight is 539 g/mol. The molecule has 204 valence electrons. The molecule has 39 heavy (non-hydrogen) atoms. The lowest BCUT2D eigenvalue weighted by Gasteiger charge is -2.65. The smallest absolute Gasteiger partial charge is 0.416 e. The van der Waals surface area contributed by atoms with E-state index in [1.165, 1.54) is 24.6 Å². The fraction of sp³-hybridized carbons (Fsp3) is 0.467. The Morgan fingerprint density at radius 3 is 2.59 bits per heavy atom. The number of carbonyl (C=O) groups is 2. The number of halogens is 3. The number of piperidine rings is 1. The molecule has 4 aliphatic rings. The molecule has 2 aromatic rings. The number of esters is 1. The van der Waals surface area contributed by atoms with E-state index in [9.17, 15) is 22.8 Å². The second-order valence-corrected chi connectivity index (χ2v) is 11.1. The van der Waals surface area contributed by atoms with E-state index in [1.807, 2.05) is 12.1 Å². The van der Waals surface area contributed by atoms with Gasteiger partial charge in [-0.3, -0.25) is 14.5 Å². The first-order valence-corrected chi connectivity index (χ1v) is 13.1. The van der Waals surface area contributed by atoms with Crippen molar-refractivity contribution in [2.24, 2.45) is 0 Å². The van der Waals surface area contributed by atoms with Gasteiger partial charge in [-0.25, -0.2) is 0 Å². The highest BCUT2D eigenvalue weighted by Crippen LogP contribution is 2.65. The van der Waals surface area contributed by atoms with Gasteiger partial charge in [0.05, 0.1) is 23.1 Å². The van der Waals surface area contributed by atoms with Crippen LogP contribution in [-0.4, -0.2) is 66.1 Å². The van der Waals surface area contributed by atoms with Crippen molar-refractivity contribution in [3.63, 3.8) is 0 Å². The molecule has 2 aromatic carbocycles. The highest BCUT2D eigenvalue weighted by atomic mass is 19.4. The van der Waals surface area contributed by atoms with Crippen LogP contribution in [-0.2, 0) is 32.3 Å². The number of likely N-dealkylation sites (N-methyl/N-ethyl adjacent to an activating group) is 2. The van der Waals surface area contributed by atoms with Crippen molar-refractivity contribution in [1.29, 1.82) is 0 Å². The third-order valence-electron chi connectivity index (χ3n) is 9.23. The standard InChI is InChI=1S/C30H29F3N2O4/c1-18(36)39-29-14-13-22(35(3)25(37)12-9-19-7-10-21(11-8-19)30(31,32)33)27-28(29)15-16-34(2)24(29)17-20-5-4-6-23(38-27)26(20)28/h4-8,10-11,22,24,27H,13-17H2,1-3H3/t22-,24-,27+,28+,29-/m1/s1. The van der Waals surface area contributed by atoms with Crippen molar-refractivity contribution in [3.05, 3.63) is 64.7 Å². The Morgan fingerprint density at radius 1 is 1.15 bits per heavy atom. The Kier molecular flexibility index (Phi) is 5.78. The van der Waals surface area contributed by atoms with Crippen molar-refractivity contribution in [3.8, 4) is 17.6 Å². The Bertz CT molecular complexity index is 1410. The Labute approximate surface area is 225 Å². The molecule has 6 nitrogen and oxygen atoms in total. The molecule has 2 fully saturated rings. The van der Waals surface area contributed by atoms with E-state index < -0.39 is 34.8 Å². The van der Waals surface area contributed by atoms with E-state index in [2.05, 4.69) is 29.9 Å². The average Bonchev–Trinajstić information content (AvgIpc) is 3.23. The van der Waals surface area contributed by atoms with Gasteiger partial charge in [-0.15, -0.1) is 0 Å². The van der Waals surface area contributed by atoms with E-state index in [1.54, 1.807) is 11.9 Å². The minimum Gasteiger partial charge on any atom is -0.487 e. The van der Waals surface area contributed by atoms with Gasteiger partial charge >= 0.3 is 12.1 Å². The van der Waals surface area contributed by atoms with E-state index >= 15 is 0 Å². The summed E-state index contributed by atoms with van der Waals surface area (Å²) in [5, 5.41) is 0. The molecular weight excluding hydrogens is 509 g/mol. The van der Waals surface area contributed by atoms with Crippen LogP contribution in [0.15, 0.2) is 42.5 Å². The Morgan fingerprint density at radius 2 is 1.90 bits per heavy atom. The summed E-state index contributed by atoms with van der Waals surface area (Å²) in [5.74, 6) is 5.31. The number of benzene rings is 2. The van der Waals surface area contributed by atoms with Crippen LogP contribution in [0.2, 0.25) is 0 Å². The van der Waals surface area contributed by atoms with Crippen LogP contribution in [0.3, 0.4) is 0 Å². The maximum atomic E-state index is 13.3. The SMILES string of the molecule is CC(=O)O[C@@]12CC[C@@H](N(C)C(=O)C#Cc3ccc(C(F)(F)F)cc3)[C@@H]3Oc4cccc5c4[C@@]31CCN(C)[C@@H]2C5. The lowest BCUT2D eigenvalue weighted by molar-refractivity contribution is -0.220. The van der Waals surface area contributed by atoms with Crippen molar-refractivity contribution in [2.75, 3.05) is 20.6 Å². The maximum Gasteiger partial charge on any atom is 0.416 e. The van der Waals surface area contributed by atoms with E-state index in [0.29, 0.717) is 18.4 Å². The highest BCUT2D eigenvalue weighted by molar-refractivity contribution is 5.94. The molecule has 2 bridgehead atoms. The molecule has 1 spiro atoms. The zero-order valence-corrected chi connectivity index (χ0v) is 22.0. The molecule has 2 aliphatic carbocycles. The van der Waals surface area contributed by atoms with Gasteiger partial charge in [-0.05, 0) is 75.2 Å². The Hall–Kier alpha value is -3.51. The van der Waals surface area contributed by atoms with Crippen LogP contribution in [0.1, 0.15) is 48.4 Å². The zero-order chi connectivity index (χ0) is 27.7. The summed E-state index contributed by atoms with van der Waals surface area (Å²) in [6, 6.07) is 10.1. The number of likely N-dealkylation sites (tertiary alicyclic amines) is 1. The molecule has 0 unspecified atom stereocenters. The van der Waals surface area contributed by atoms with E-state index in [4.69, 9.17) is 9.47 Å². The van der Waals surface area contributed by atoms with Gasteiger partial charge in [0, 0.05) is 31.0 Å². The summed E-state index contributed by atoms with van der Waals surface area (Å²) in [6.07, 6.45) is -2.27. The summed E-state index contributed by atoms with van der Waals surface area (Å²) in [7, 11) is 3.76. The van der Waals surface area contributed by atoms with E-state index in [-0.39, 0.29) is 18.1 Å². The minimum absolute atomic E-state index is 0.0106. The molecule has 5 atom stereocenters. The van der Waals surface area contributed by atoms with Crippen LogP contribution in [0.4, 0.5) is 13.2 Å². The fourth-order valence-electron chi connectivity index (χ4n) is 7.63. The highest BCUT2D eigenvalue weighted by Gasteiger charge is 2.75. The summed E-state index contributed by atoms with van der Waals surface area (Å²) in [4.78, 5) is 29.7. The Balaban J connectivity index is 1.35. The number of hydrogen-bond donors (Lipinski definition) is 0. The number of alkyl halides is 3. The molecule has 2 aliphatic heterocycles. The van der Waals surface area contributed by atoms with Gasteiger partial charge < -0.3 is 14.4 Å². The van der Waals surface area contributed by atoms with Crippen LogP contribution >= 0.6 is 0 Å².